The Kier molecular flexibility index (Phi) is 18.6. The van der Waals surface area contributed by atoms with Crippen LogP contribution in [0.25, 0.3) is 0 Å². The second kappa shape index (κ2) is 21.7. The number of nitrogens with one attached hydrogen (secondary N) is 6. The summed E-state index contributed by atoms with van der Waals surface area (Å²) in [6.45, 7) is 3.65. The van der Waals surface area contributed by atoms with Gasteiger partial charge in [-0.2, -0.15) is 0 Å². The highest BCUT2D eigenvalue weighted by Gasteiger charge is 2.32. The number of amides is 6. The van der Waals surface area contributed by atoms with Crippen molar-refractivity contribution in [2.24, 2.45) is 17.4 Å². The molecule has 5 atom stereocenters. The molecule has 0 radical (unpaired) electrons. The van der Waals surface area contributed by atoms with Gasteiger partial charge in [0.05, 0.1) is 19.5 Å². The fourth-order valence-electron chi connectivity index (χ4n) is 4.42. The Morgan fingerprint density at radius 3 is 1.86 bits per heavy atom. The SMILES string of the molecule is CC(C)[C@H](NC(=O)CNC(=O)[C@H](CCCCN)NC(=O)[C@H](Cc1ccccc1)NC(=O)CN)C(=O)N[C@@H](CC(=O)O)C(=O)N[C@@H](C)C(=O)O. The molecule has 6 amide bonds. The Balaban J connectivity index is 2.99. The fourth-order valence-corrected chi connectivity index (χ4v) is 4.42. The predicted octanol–water partition coefficient (Wildman–Crippen LogP) is -2.91. The molecule has 12 N–H and O–H groups in total. The van der Waals surface area contributed by atoms with Crippen LogP contribution in [0.15, 0.2) is 30.3 Å². The first-order valence-corrected chi connectivity index (χ1v) is 15.8. The fraction of sp³-hybridized carbons (Fsp3) is 0.548. The van der Waals surface area contributed by atoms with Crippen LogP contribution in [0.5, 0.6) is 0 Å². The Bertz CT molecular complexity index is 1310. The minimum absolute atomic E-state index is 0.115. The first-order valence-electron chi connectivity index (χ1n) is 15.8. The molecule has 0 aliphatic heterocycles. The van der Waals surface area contributed by atoms with Gasteiger partial charge in [0.2, 0.25) is 35.4 Å². The second-order valence-electron chi connectivity index (χ2n) is 11.6. The zero-order valence-corrected chi connectivity index (χ0v) is 27.8. The van der Waals surface area contributed by atoms with E-state index in [-0.39, 0.29) is 19.4 Å². The van der Waals surface area contributed by atoms with Crippen LogP contribution >= 0.6 is 0 Å². The topological polar surface area (TPSA) is 301 Å². The van der Waals surface area contributed by atoms with E-state index in [1.54, 1.807) is 44.2 Å². The molecule has 0 saturated heterocycles. The molecule has 18 nitrogen and oxygen atoms in total. The second-order valence-corrected chi connectivity index (χ2v) is 11.6. The summed E-state index contributed by atoms with van der Waals surface area (Å²) in [4.78, 5) is 99.3. The Labute approximate surface area is 283 Å². The summed E-state index contributed by atoms with van der Waals surface area (Å²) in [5, 5.41) is 32.6. The molecule has 0 heterocycles. The van der Waals surface area contributed by atoms with Gasteiger partial charge in [-0.15, -0.1) is 0 Å². The van der Waals surface area contributed by atoms with E-state index in [1.165, 1.54) is 0 Å². The van der Waals surface area contributed by atoms with Crippen molar-refractivity contribution in [3.05, 3.63) is 35.9 Å². The van der Waals surface area contributed by atoms with Crippen LogP contribution < -0.4 is 43.4 Å². The molecular weight excluding hydrogens is 644 g/mol. The number of aliphatic carboxylic acids is 2. The van der Waals surface area contributed by atoms with Crippen molar-refractivity contribution < 1.29 is 48.6 Å². The molecule has 0 aliphatic carbocycles. The van der Waals surface area contributed by atoms with Crippen LogP contribution in [-0.2, 0) is 44.8 Å². The monoisotopic (exact) mass is 692 g/mol. The van der Waals surface area contributed by atoms with Crippen LogP contribution in [0.2, 0.25) is 0 Å². The van der Waals surface area contributed by atoms with Gasteiger partial charge in [-0.1, -0.05) is 44.2 Å². The number of carbonyl (C=O) groups excluding carboxylic acids is 6. The van der Waals surface area contributed by atoms with Crippen LogP contribution in [0.1, 0.15) is 52.0 Å². The van der Waals surface area contributed by atoms with Crippen molar-refractivity contribution in [2.45, 2.75) is 83.1 Å². The minimum Gasteiger partial charge on any atom is -0.481 e. The van der Waals surface area contributed by atoms with E-state index in [0.717, 1.165) is 12.5 Å². The third kappa shape index (κ3) is 16.0. The van der Waals surface area contributed by atoms with Crippen molar-refractivity contribution in [3.8, 4) is 0 Å². The highest BCUT2D eigenvalue weighted by molar-refractivity contribution is 5.96. The lowest BCUT2D eigenvalue weighted by Crippen LogP contribution is -2.58. The maximum Gasteiger partial charge on any atom is 0.325 e. The number of carbonyl (C=O) groups is 8. The number of nitrogens with two attached hydrogens (primary N) is 2. The average molecular weight is 693 g/mol. The van der Waals surface area contributed by atoms with Crippen molar-refractivity contribution in [3.63, 3.8) is 0 Å². The lowest BCUT2D eigenvalue weighted by molar-refractivity contribution is -0.143. The van der Waals surface area contributed by atoms with Crippen LogP contribution in [0.3, 0.4) is 0 Å². The summed E-state index contributed by atoms with van der Waals surface area (Å²) in [7, 11) is 0. The van der Waals surface area contributed by atoms with Crippen molar-refractivity contribution in [2.75, 3.05) is 19.6 Å². The Morgan fingerprint density at radius 1 is 0.694 bits per heavy atom. The third-order valence-corrected chi connectivity index (χ3v) is 7.13. The van der Waals surface area contributed by atoms with E-state index in [9.17, 15) is 43.5 Å². The van der Waals surface area contributed by atoms with Crippen LogP contribution in [-0.4, -0.2) is 107 Å². The Hall–Kier alpha value is -5.10. The van der Waals surface area contributed by atoms with Crippen molar-refractivity contribution >= 4 is 47.4 Å². The third-order valence-electron chi connectivity index (χ3n) is 7.13. The van der Waals surface area contributed by atoms with Gasteiger partial charge in [0.15, 0.2) is 0 Å². The number of benzene rings is 1. The van der Waals surface area contributed by atoms with Gasteiger partial charge in [-0.3, -0.25) is 38.4 Å². The molecular formula is C31H48N8O10. The Morgan fingerprint density at radius 2 is 1.31 bits per heavy atom. The van der Waals surface area contributed by atoms with Gasteiger partial charge < -0.3 is 53.6 Å². The maximum atomic E-state index is 13.3. The molecule has 0 aliphatic rings. The molecule has 1 aromatic rings. The van der Waals surface area contributed by atoms with E-state index in [1.807, 2.05) is 0 Å². The first kappa shape index (κ1) is 41.9. The van der Waals surface area contributed by atoms with Gasteiger partial charge in [-0.25, -0.2) is 0 Å². The number of rotatable bonds is 22. The number of carboxylic acid groups (broad SMARTS) is 2. The molecule has 49 heavy (non-hydrogen) atoms. The summed E-state index contributed by atoms with van der Waals surface area (Å²) < 4.78 is 0. The normalized spacial score (nSPS) is 13.8. The summed E-state index contributed by atoms with van der Waals surface area (Å²) in [5.41, 5.74) is 11.8. The summed E-state index contributed by atoms with van der Waals surface area (Å²) in [6.07, 6.45) is 0.399. The summed E-state index contributed by atoms with van der Waals surface area (Å²) in [6, 6.07) is 2.39. The van der Waals surface area contributed by atoms with Crippen molar-refractivity contribution in [1.82, 2.24) is 31.9 Å². The zero-order valence-electron chi connectivity index (χ0n) is 27.8. The molecule has 0 saturated carbocycles. The molecule has 0 bridgehead atoms. The molecule has 1 aromatic carbocycles. The summed E-state index contributed by atoms with van der Waals surface area (Å²) in [5.74, 6) is -8.14. The zero-order chi connectivity index (χ0) is 37.1. The number of hydrogen-bond donors (Lipinski definition) is 10. The maximum absolute atomic E-state index is 13.3. The smallest absolute Gasteiger partial charge is 0.325 e. The highest BCUT2D eigenvalue weighted by atomic mass is 16.4. The van der Waals surface area contributed by atoms with Crippen molar-refractivity contribution in [1.29, 1.82) is 0 Å². The van der Waals surface area contributed by atoms with Gasteiger partial charge in [0.1, 0.15) is 30.2 Å². The highest BCUT2D eigenvalue weighted by Crippen LogP contribution is 2.07. The molecule has 272 valence electrons. The van der Waals surface area contributed by atoms with Crippen LogP contribution in [0.4, 0.5) is 0 Å². The van der Waals surface area contributed by atoms with Gasteiger partial charge in [0, 0.05) is 6.42 Å². The van der Waals surface area contributed by atoms with Gasteiger partial charge in [0.25, 0.3) is 0 Å². The van der Waals surface area contributed by atoms with E-state index in [4.69, 9.17) is 16.6 Å². The molecule has 18 heteroatoms. The molecule has 1 rings (SSSR count). The molecule has 0 aromatic heterocycles. The average Bonchev–Trinajstić information content (AvgIpc) is 3.04. The van der Waals surface area contributed by atoms with E-state index in [0.29, 0.717) is 19.4 Å². The quantitative estimate of drug-likeness (QED) is 0.0547. The standard InChI is InChI=1S/C31H48N8O10/c1-17(2)26(30(47)38-22(14-25(42)43)28(45)35-18(3)31(48)49)39-24(41)16-34-27(44)20(11-7-8-12-32)37-29(46)21(36-23(40)15-33)13-19-9-5-4-6-10-19/h4-6,9-10,17-18,20-22,26H,7-8,11-16,32-33H2,1-3H3,(H,34,44)(H,35,45)(H,36,40)(H,37,46)(H,38,47)(H,39,41)(H,42,43)(H,48,49)/t18-,20-,21-,22-,26-/m0/s1. The lowest BCUT2D eigenvalue weighted by atomic mass is 10.0. The van der Waals surface area contributed by atoms with E-state index >= 15 is 0 Å². The first-order chi connectivity index (χ1) is 23.1. The molecule has 0 unspecified atom stereocenters. The number of hydrogen-bond acceptors (Lipinski definition) is 10. The number of unbranched alkanes of at least 4 members (excludes halogenated alkanes) is 1. The number of carboxylic acids is 2. The van der Waals surface area contributed by atoms with Gasteiger partial charge in [-0.05, 0) is 44.2 Å². The molecule has 0 spiro atoms. The van der Waals surface area contributed by atoms with Crippen LogP contribution in [0, 0.1) is 5.92 Å². The van der Waals surface area contributed by atoms with E-state index < -0.39 is 96.5 Å². The predicted molar refractivity (Wildman–Crippen MR) is 175 cm³/mol. The summed E-state index contributed by atoms with van der Waals surface area (Å²) >= 11 is 0. The minimum atomic E-state index is -1.65. The van der Waals surface area contributed by atoms with Gasteiger partial charge >= 0.3 is 11.9 Å². The largest absolute Gasteiger partial charge is 0.481 e. The molecule has 0 fully saturated rings. The lowest BCUT2D eigenvalue weighted by Gasteiger charge is -2.25. The van der Waals surface area contributed by atoms with E-state index in [2.05, 4.69) is 31.9 Å².